The summed E-state index contributed by atoms with van der Waals surface area (Å²) in [6.45, 7) is 0. The molecule has 7 nitrogen and oxygen atoms in total. The van der Waals surface area contributed by atoms with Crippen molar-refractivity contribution in [2.75, 3.05) is 5.73 Å². The van der Waals surface area contributed by atoms with E-state index in [-0.39, 0.29) is 0 Å². The van der Waals surface area contributed by atoms with Crippen LogP contribution in [0, 0.1) is 0 Å². The van der Waals surface area contributed by atoms with Gasteiger partial charge in [-0.25, -0.2) is 0 Å². The SMILES string of the molecule is Nc1cc(-c2nn3c(C4CC4)nnc3s2)[nH]n1. The molecule has 0 saturated heterocycles. The van der Waals surface area contributed by atoms with Crippen LogP contribution in [0.2, 0.25) is 0 Å². The van der Waals surface area contributed by atoms with Gasteiger partial charge in [-0.05, 0) is 12.8 Å². The first-order chi connectivity index (χ1) is 8.31. The molecule has 8 heteroatoms. The van der Waals surface area contributed by atoms with Gasteiger partial charge in [0, 0.05) is 12.0 Å². The number of aromatic amines is 1. The van der Waals surface area contributed by atoms with Gasteiger partial charge >= 0.3 is 0 Å². The van der Waals surface area contributed by atoms with E-state index < -0.39 is 0 Å². The fourth-order valence-electron chi connectivity index (χ4n) is 1.78. The Morgan fingerprint density at radius 1 is 1.41 bits per heavy atom. The standard InChI is InChI=1S/C9H9N7S/c10-6-3-5(11-12-6)8-15-16-7(4-1-2-4)13-14-9(16)17-8/h3-4H,1-2H2,(H3,10,11,12). The predicted molar refractivity (Wildman–Crippen MR) is 62.6 cm³/mol. The van der Waals surface area contributed by atoms with E-state index in [0.29, 0.717) is 11.7 Å². The number of hydrogen-bond donors (Lipinski definition) is 2. The summed E-state index contributed by atoms with van der Waals surface area (Å²) >= 11 is 1.48. The molecule has 3 N–H and O–H groups in total. The zero-order chi connectivity index (χ0) is 11.4. The van der Waals surface area contributed by atoms with Gasteiger partial charge in [0.05, 0.1) is 5.69 Å². The Morgan fingerprint density at radius 2 is 2.29 bits per heavy atom. The number of nitrogens with one attached hydrogen (secondary N) is 1. The first-order valence-corrected chi connectivity index (χ1v) is 6.16. The lowest BCUT2D eigenvalue weighted by molar-refractivity contribution is 0.827. The minimum absolute atomic E-state index is 0.466. The minimum atomic E-state index is 0.466. The van der Waals surface area contributed by atoms with Crippen LogP contribution in [0.25, 0.3) is 15.7 Å². The maximum absolute atomic E-state index is 5.57. The molecule has 3 aromatic rings. The van der Waals surface area contributed by atoms with Crippen molar-refractivity contribution in [1.82, 2.24) is 30.0 Å². The Balaban J connectivity index is 1.86. The summed E-state index contributed by atoms with van der Waals surface area (Å²) in [5.41, 5.74) is 6.39. The molecule has 3 heterocycles. The lowest BCUT2D eigenvalue weighted by atomic mass is 10.4. The van der Waals surface area contributed by atoms with Gasteiger partial charge in [0.15, 0.2) is 10.8 Å². The summed E-state index contributed by atoms with van der Waals surface area (Å²) in [5, 5.41) is 20.4. The van der Waals surface area contributed by atoms with Crippen LogP contribution in [0.3, 0.4) is 0 Å². The summed E-state index contributed by atoms with van der Waals surface area (Å²) < 4.78 is 1.83. The number of anilines is 1. The van der Waals surface area contributed by atoms with Crippen LogP contribution in [-0.4, -0.2) is 30.0 Å². The number of fused-ring (bicyclic) bond motifs is 1. The van der Waals surface area contributed by atoms with Crippen LogP contribution in [-0.2, 0) is 0 Å². The molecule has 0 atom stereocenters. The van der Waals surface area contributed by atoms with Crippen LogP contribution in [0.15, 0.2) is 6.07 Å². The number of nitrogens with two attached hydrogens (primary N) is 1. The molecule has 0 spiro atoms. The molecule has 3 aromatic heterocycles. The van der Waals surface area contributed by atoms with Crippen molar-refractivity contribution < 1.29 is 0 Å². The van der Waals surface area contributed by atoms with Crippen molar-refractivity contribution in [2.45, 2.75) is 18.8 Å². The number of nitrogen functional groups attached to an aromatic ring is 1. The minimum Gasteiger partial charge on any atom is -0.382 e. The summed E-state index contributed by atoms with van der Waals surface area (Å²) in [5.74, 6) is 1.97. The second-order valence-electron chi connectivity index (χ2n) is 4.14. The first kappa shape index (κ1) is 9.11. The molecule has 0 aromatic carbocycles. The van der Waals surface area contributed by atoms with Crippen LogP contribution in [0.1, 0.15) is 24.6 Å². The summed E-state index contributed by atoms with van der Waals surface area (Å²) in [6.07, 6.45) is 2.37. The van der Waals surface area contributed by atoms with E-state index in [0.717, 1.165) is 21.5 Å². The summed E-state index contributed by atoms with van der Waals surface area (Å²) in [7, 11) is 0. The molecule has 0 amide bonds. The second-order valence-corrected chi connectivity index (χ2v) is 5.10. The van der Waals surface area contributed by atoms with Gasteiger partial charge < -0.3 is 5.73 Å². The van der Waals surface area contributed by atoms with Gasteiger partial charge in [-0.1, -0.05) is 11.3 Å². The molecule has 0 unspecified atom stereocenters. The van der Waals surface area contributed by atoms with Crippen LogP contribution in [0.5, 0.6) is 0 Å². The molecule has 0 aliphatic heterocycles. The van der Waals surface area contributed by atoms with E-state index in [1.807, 2.05) is 4.52 Å². The number of rotatable bonds is 2. The summed E-state index contributed by atoms with van der Waals surface area (Å²) in [6, 6.07) is 1.77. The Hall–Kier alpha value is -1.96. The third-order valence-electron chi connectivity index (χ3n) is 2.79. The number of hydrogen-bond acceptors (Lipinski definition) is 6. The van der Waals surface area contributed by atoms with E-state index in [2.05, 4.69) is 25.5 Å². The smallest absolute Gasteiger partial charge is 0.235 e. The molecule has 0 radical (unpaired) electrons. The number of nitrogens with zero attached hydrogens (tertiary/aromatic N) is 5. The predicted octanol–water partition coefficient (Wildman–Crippen LogP) is 1.04. The summed E-state index contributed by atoms with van der Waals surface area (Å²) in [4.78, 5) is 0.815. The second kappa shape index (κ2) is 3.04. The maximum atomic E-state index is 5.57. The van der Waals surface area contributed by atoms with Gasteiger partial charge in [-0.2, -0.15) is 14.7 Å². The van der Waals surface area contributed by atoms with Crippen LogP contribution < -0.4 is 5.73 Å². The van der Waals surface area contributed by atoms with Gasteiger partial charge in [-0.15, -0.1) is 10.2 Å². The van der Waals surface area contributed by atoms with E-state index >= 15 is 0 Å². The molecule has 4 rings (SSSR count). The van der Waals surface area contributed by atoms with Crippen molar-refractivity contribution in [1.29, 1.82) is 0 Å². The lowest BCUT2D eigenvalue weighted by Crippen LogP contribution is -1.93. The highest BCUT2D eigenvalue weighted by molar-refractivity contribution is 7.19. The van der Waals surface area contributed by atoms with Crippen LogP contribution in [0.4, 0.5) is 5.82 Å². The monoisotopic (exact) mass is 247 g/mol. The Labute approximate surface area is 99.7 Å². The fourth-order valence-corrected chi connectivity index (χ4v) is 2.60. The number of H-pyrrole nitrogens is 1. The van der Waals surface area contributed by atoms with Crippen molar-refractivity contribution in [3.05, 3.63) is 11.9 Å². The highest BCUT2D eigenvalue weighted by atomic mass is 32.1. The van der Waals surface area contributed by atoms with Crippen molar-refractivity contribution in [3.8, 4) is 10.7 Å². The Kier molecular flexibility index (Phi) is 1.63. The van der Waals surface area contributed by atoms with Gasteiger partial charge in [0.2, 0.25) is 4.96 Å². The molecular weight excluding hydrogens is 238 g/mol. The van der Waals surface area contributed by atoms with Gasteiger partial charge in [0.25, 0.3) is 0 Å². The first-order valence-electron chi connectivity index (χ1n) is 5.34. The topological polar surface area (TPSA) is 97.8 Å². The van der Waals surface area contributed by atoms with Crippen molar-refractivity contribution >= 4 is 22.1 Å². The quantitative estimate of drug-likeness (QED) is 0.705. The third-order valence-corrected chi connectivity index (χ3v) is 3.72. The molecule has 1 aliphatic carbocycles. The zero-order valence-corrected chi connectivity index (χ0v) is 9.61. The number of aromatic nitrogens is 6. The van der Waals surface area contributed by atoms with Crippen molar-refractivity contribution in [2.24, 2.45) is 0 Å². The Bertz CT molecular complexity index is 689. The van der Waals surface area contributed by atoms with Gasteiger partial charge in [0.1, 0.15) is 5.82 Å². The lowest BCUT2D eigenvalue weighted by Gasteiger charge is -1.89. The highest BCUT2D eigenvalue weighted by Gasteiger charge is 2.30. The van der Waals surface area contributed by atoms with Crippen molar-refractivity contribution in [3.63, 3.8) is 0 Å². The van der Waals surface area contributed by atoms with Gasteiger partial charge in [-0.3, -0.25) is 5.10 Å². The highest BCUT2D eigenvalue weighted by Crippen LogP contribution is 2.39. The molecule has 0 bridgehead atoms. The fraction of sp³-hybridized carbons (Fsp3) is 0.333. The normalized spacial score (nSPS) is 15.8. The molecule has 1 fully saturated rings. The zero-order valence-electron chi connectivity index (χ0n) is 8.79. The largest absolute Gasteiger partial charge is 0.382 e. The van der Waals surface area contributed by atoms with E-state index in [1.165, 1.54) is 24.2 Å². The maximum Gasteiger partial charge on any atom is 0.235 e. The molecule has 1 aliphatic rings. The van der Waals surface area contributed by atoms with Crippen LogP contribution >= 0.6 is 11.3 Å². The molecule has 86 valence electrons. The average molecular weight is 247 g/mol. The van der Waals surface area contributed by atoms with E-state index in [1.54, 1.807) is 6.07 Å². The molecular formula is C9H9N7S. The third kappa shape index (κ3) is 1.34. The molecule has 17 heavy (non-hydrogen) atoms. The average Bonchev–Trinajstić information content (AvgIpc) is 2.73. The van der Waals surface area contributed by atoms with E-state index in [9.17, 15) is 0 Å². The van der Waals surface area contributed by atoms with E-state index in [4.69, 9.17) is 5.73 Å². The Morgan fingerprint density at radius 3 is 3.00 bits per heavy atom. The molecule has 1 saturated carbocycles.